The molecule has 1 rings (SSSR count). The lowest BCUT2D eigenvalue weighted by atomic mass is 10.0. The van der Waals surface area contributed by atoms with Gasteiger partial charge in [0.25, 0.3) is 0 Å². The van der Waals surface area contributed by atoms with Crippen molar-refractivity contribution in [1.82, 2.24) is 9.80 Å². The average Bonchev–Trinajstić information content (AvgIpc) is 3.23. The van der Waals surface area contributed by atoms with Crippen LogP contribution in [0.1, 0.15) is 155 Å². The first-order valence-electron chi connectivity index (χ1n) is 14.5. The maximum atomic E-state index is 2.52. The Morgan fingerprint density at radius 2 is 0.645 bits per heavy atom. The van der Waals surface area contributed by atoms with Crippen LogP contribution in [0.25, 0.3) is 0 Å². The molecule has 2 nitrogen and oxygen atoms in total. The fourth-order valence-corrected chi connectivity index (χ4v) is 4.76. The molecule has 0 radical (unpaired) electrons. The fourth-order valence-electron chi connectivity index (χ4n) is 4.76. The van der Waals surface area contributed by atoms with Gasteiger partial charge < -0.3 is 9.80 Å². The lowest BCUT2D eigenvalue weighted by Crippen LogP contribution is -2.26. The summed E-state index contributed by atoms with van der Waals surface area (Å²) in [5.41, 5.74) is 0. The lowest BCUT2D eigenvalue weighted by molar-refractivity contribution is 0.257. The zero-order valence-electron chi connectivity index (χ0n) is 21.7. The number of nitrogens with zero attached hydrogens (tertiary/aromatic N) is 2. The third-order valence-corrected chi connectivity index (χ3v) is 6.95. The predicted molar refractivity (Wildman–Crippen MR) is 140 cm³/mol. The third-order valence-electron chi connectivity index (χ3n) is 6.95. The first-order chi connectivity index (χ1) is 15.4. The minimum absolute atomic E-state index is 1.13. The van der Waals surface area contributed by atoms with Gasteiger partial charge in [-0.3, -0.25) is 0 Å². The minimum atomic E-state index is 1.13. The highest BCUT2D eigenvalue weighted by Crippen LogP contribution is 2.15. The number of hydrogen-bond donors (Lipinski definition) is 0. The maximum Gasteiger partial charge on any atom is 0.0893 e. The van der Waals surface area contributed by atoms with Crippen LogP contribution in [0.2, 0.25) is 0 Å². The highest BCUT2D eigenvalue weighted by molar-refractivity contribution is 4.90. The Balaban J connectivity index is 1.76. The molecule has 1 aliphatic heterocycles. The summed E-state index contributed by atoms with van der Waals surface area (Å²) < 4.78 is 0. The van der Waals surface area contributed by atoms with Crippen LogP contribution in [0.15, 0.2) is 12.4 Å². The van der Waals surface area contributed by atoms with E-state index in [2.05, 4.69) is 36.0 Å². The van der Waals surface area contributed by atoms with Crippen molar-refractivity contribution in [3.05, 3.63) is 12.4 Å². The molecule has 0 amide bonds. The smallest absolute Gasteiger partial charge is 0.0893 e. The van der Waals surface area contributed by atoms with Gasteiger partial charge >= 0.3 is 0 Å². The topological polar surface area (TPSA) is 6.48 Å². The standard InChI is InChI=1S/C29H58N2/c1-3-5-7-9-11-12-13-14-15-16-17-18-20-22-24-26-31-28-27-30(29-31)25-23-21-19-10-8-6-4-2/h27-28H,3-26,29H2,1-2H3. The van der Waals surface area contributed by atoms with Crippen LogP contribution in [0, 0.1) is 0 Å². The van der Waals surface area contributed by atoms with Crippen molar-refractivity contribution in [3.8, 4) is 0 Å². The summed E-state index contributed by atoms with van der Waals surface area (Å²) in [5.74, 6) is 0. The van der Waals surface area contributed by atoms with E-state index in [0.717, 1.165) is 6.67 Å². The summed E-state index contributed by atoms with van der Waals surface area (Å²) in [5, 5.41) is 0. The van der Waals surface area contributed by atoms with E-state index in [9.17, 15) is 0 Å². The largest absolute Gasteiger partial charge is 0.359 e. The molecule has 2 heteroatoms. The van der Waals surface area contributed by atoms with Gasteiger partial charge in [-0.25, -0.2) is 0 Å². The Labute approximate surface area is 197 Å². The monoisotopic (exact) mass is 434 g/mol. The summed E-state index contributed by atoms with van der Waals surface area (Å²) in [7, 11) is 0. The molecule has 0 aromatic heterocycles. The Hall–Kier alpha value is -0.660. The van der Waals surface area contributed by atoms with E-state index in [1.165, 1.54) is 154 Å². The van der Waals surface area contributed by atoms with Crippen LogP contribution in [0.4, 0.5) is 0 Å². The van der Waals surface area contributed by atoms with Crippen molar-refractivity contribution in [1.29, 1.82) is 0 Å². The van der Waals surface area contributed by atoms with E-state index in [1.807, 2.05) is 0 Å². The molecule has 0 saturated carbocycles. The second-order valence-corrected chi connectivity index (χ2v) is 10.1. The second kappa shape index (κ2) is 22.5. The van der Waals surface area contributed by atoms with Crippen LogP contribution in [-0.2, 0) is 0 Å². The summed E-state index contributed by atoms with van der Waals surface area (Å²) in [6.07, 6.45) is 36.2. The van der Waals surface area contributed by atoms with Gasteiger partial charge in [0.05, 0.1) is 6.67 Å². The van der Waals surface area contributed by atoms with Gasteiger partial charge in [-0.1, -0.05) is 142 Å². The Morgan fingerprint density at radius 3 is 0.935 bits per heavy atom. The summed E-state index contributed by atoms with van der Waals surface area (Å²) in [4.78, 5) is 5.03. The zero-order chi connectivity index (χ0) is 22.2. The molecule has 31 heavy (non-hydrogen) atoms. The van der Waals surface area contributed by atoms with E-state index >= 15 is 0 Å². The van der Waals surface area contributed by atoms with E-state index in [0.29, 0.717) is 0 Å². The minimum Gasteiger partial charge on any atom is -0.359 e. The predicted octanol–water partition coefficient (Wildman–Crippen LogP) is 9.65. The SMILES string of the molecule is CCCCCCCCCCCCCCCCCN1C=CN(CCCCCCCCC)C1. The van der Waals surface area contributed by atoms with Crippen molar-refractivity contribution in [2.24, 2.45) is 0 Å². The first kappa shape index (κ1) is 28.4. The van der Waals surface area contributed by atoms with Gasteiger partial charge in [0.15, 0.2) is 0 Å². The van der Waals surface area contributed by atoms with Crippen molar-refractivity contribution in [2.75, 3.05) is 19.8 Å². The van der Waals surface area contributed by atoms with Crippen LogP contribution in [0.3, 0.4) is 0 Å². The van der Waals surface area contributed by atoms with Crippen LogP contribution in [-0.4, -0.2) is 29.6 Å². The van der Waals surface area contributed by atoms with Crippen molar-refractivity contribution >= 4 is 0 Å². The van der Waals surface area contributed by atoms with E-state index in [4.69, 9.17) is 0 Å². The molecule has 0 aromatic rings. The second-order valence-electron chi connectivity index (χ2n) is 10.1. The Bertz CT molecular complexity index is 379. The van der Waals surface area contributed by atoms with Crippen LogP contribution in [0.5, 0.6) is 0 Å². The molecule has 0 bridgehead atoms. The molecule has 0 spiro atoms. The molecule has 1 aliphatic rings. The van der Waals surface area contributed by atoms with Gasteiger partial charge in [-0.05, 0) is 12.8 Å². The van der Waals surface area contributed by atoms with E-state index in [-0.39, 0.29) is 0 Å². The van der Waals surface area contributed by atoms with Crippen LogP contribution < -0.4 is 0 Å². The average molecular weight is 435 g/mol. The van der Waals surface area contributed by atoms with Gasteiger partial charge in [-0.2, -0.15) is 0 Å². The molecule has 0 aromatic carbocycles. The van der Waals surface area contributed by atoms with Crippen molar-refractivity contribution in [3.63, 3.8) is 0 Å². The summed E-state index contributed by atoms with van der Waals surface area (Å²) in [6.45, 7) is 8.23. The Morgan fingerprint density at radius 1 is 0.387 bits per heavy atom. The maximum absolute atomic E-state index is 2.52. The normalized spacial score (nSPS) is 13.6. The summed E-state index contributed by atoms with van der Waals surface area (Å²) in [6, 6.07) is 0. The van der Waals surface area contributed by atoms with Gasteiger partial charge in [0, 0.05) is 25.5 Å². The molecule has 0 atom stereocenters. The molecular formula is C29H58N2. The van der Waals surface area contributed by atoms with Gasteiger partial charge in [0.1, 0.15) is 0 Å². The number of unbranched alkanes of at least 4 members (excludes halogenated alkanes) is 20. The molecular weight excluding hydrogens is 376 g/mol. The van der Waals surface area contributed by atoms with Crippen molar-refractivity contribution in [2.45, 2.75) is 155 Å². The van der Waals surface area contributed by atoms with E-state index in [1.54, 1.807) is 0 Å². The fraction of sp³-hybridized carbons (Fsp3) is 0.931. The zero-order valence-corrected chi connectivity index (χ0v) is 21.7. The number of rotatable bonds is 24. The molecule has 0 fully saturated rings. The van der Waals surface area contributed by atoms with Gasteiger partial charge in [-0.15, -0.1) is 0 Å². The molecule has 1 heterocycles. The third kappa shape index (κ3) is 18.6. The highest BCUT2D eigenvalue weighted by Gasteiger charge is 2.10. The lowest BCUT2D eigenvalue weighted by Gasteiger charge is -2.21. The number of hydrogen-bond acceptors (Lipinski definition) is 2. The van der Waals surface area contributed by atoms with E-state index < -0.39 is 0 Å². The van der Waals surface area contributed by atoms with Gasteiger partial charge in [0.2, 0.25) is 0 Å². The molecule has 0 saturated heterocycles. The van der Waals surface area contributed by atoms with Crippen LogP contribution >= 0.6 is 0 Å². The summed E-state index contributed by atoms with van der Waals surface area (Å²) >= 11 is 0. The highest BCUT2D eigenvalue weighted by atomic mass is 15.3. The molecule has 0 unspecified atom stereocenters. The first-order valence-corrected chi connectivity index (χ1v) is 14.5. The quantitative estimate of drug-likeness (QED) is 0.139. The molecule has 0 aliphatic carbocycles. The molecule has 0 N–H and O–H groups in total. The molecule has 184 valence electrons. The Kier molecular flexibility index (Phi) is 20.6. The van der Waals surface area contributed by atoms with Crippen molar-refractivity contribution < 1.29 is 0 Å².